The van der Waals surface area contributed by atoms with Gasteiger partial charge in [0.1, 0.15) is 35.2 Å². The number of allylic oxidation sites excluding steroid dienone is 1. The minimum absolute atomic E-state index is 0.000206. The third-order valence-electron chi connectivity index (χ3n) is 12.1. The molecule has 15 nitrogen and oxygen atoms in total. The number of hydrogen-bond acceptors (Lipinski definition) is 10. The molecule has 60 heavy (non-hydrogen) atoms. The largest absolute Gasteiger partial charge is 0.491 e. The molecule has 0 spiro atoms. The van der Waals surface area contributed by atoms with Gasteiger partial charge < -0.3 is 30.1 Å². The Hall–Kier alpha value is -5.51. The zero-order valence-corrected chi connectivity index (χ0v) is 35.4. The molecular formula is C44H54N6O9S. The molecule has 0 unspecified atom stereocenters. The molecule has 7 atom stereocenters. The van der Waals surface area contributed by atoms with Crippen LogP contribution >= 0.6 is 0 Å². The van der Waals surface area contributed by atoms with Crippen molar-refractivity contribution in [2.75, 3.05) is 6.54 Å². The molecule has 16 heteroatoms. The lowest BCUT2D eigenvalue weighted by Gasteiger charge is -2.32. The summed E-state index contributed by atoms with van der Waals surface area (Å²) in [5, 5.41) is 15.2. The Morgan fingerprint density at radius 2 is 1.65 bits per heavy atom. The van der Waals surface area contributed by atoms with Crippen LogP contribution < -0.4 is 24.8 Å². The fourth-order valence-electron chi connectivity index (χ4n) is 8.29. The Balaban J connectivity index is 1.23. The van der Waals surface area contributed by atoms with E-state index in [1.54, 1.807) is 31.5 Å². The van der Waals surface area contributed by atoms with E-state index in [0.717, 1.165) is 17.5 Å². The summed E-state index contributed by atoms with van der Waals surface area (Å²) >= 11 is 0. The molecule has 0 radical (unpaired) electrons. The number of carboxylic acid groups (broad SMARTS) is 1. The number of ether oxygens (including phenoxy) is 2. The second-order valence-corrected chi connectivity index (χ2v) is 19.6. The molecule has 2 aliphatic heterocycles. The van der Waals surface area contributed by atoms with Crippen LogP contribution in [0.4, 0.5) is 4.79 Å². The predicted molar refractivity (Wildman–Crippen MR) is 223 cm³/mol. The highest BCUT2D eigenvalue weighted by atomic mass is 32.2. The van der Waals surface area contributed by atoms with Crippen molar-refractivity contribution in [1.82, 2.24) is 30.2 Å². The SMILES string of the molecule is CC(C)Oc1ccc(-c2cc(O[C@@H]3C[C@H]4C(=O)N[C@]5(C(=O)NS(=O)(=O)C6(C)CC6)C[C@H]5C=CCC[C@@H](C)C[C@@H](C)[C@H](NC(=O)O)C(=O)N4C3)cc(-c3ccncc3)n2)cc1. The van der Waals surface area contributed by atoms with E-state index in [9.17, 15) is 32.7 Å². The van der Waals surface area contributed by atoms with E-state index in [1.165, 1.54) is 4.90 Å². The first-order valence-corrected chi connectivity index (χ1v) is 22.2. The fourth-order valence-corrected chi connectivity index (χ4v) is 9.60. The van der Waals surface area contributed by atoms with Gasteiger partial charge in [-0.25, -0.2) is 18.2 Å². The Morgan fingerprint density at radius 3 is 2.28 bits per heavy atom. The summed E-state index contributed by atoms with van der Waals surface area (Å²) < 4.78 is 40.1. The van der Waals surface area contributed by atoms with Gasteiger partial charge in [-0.05, 0) is 108 Å². The number of hydrogen-bond donors (Lipinski definition) is 4. The Bertz CT molecular complexity index is 2250. The summed E-state index contributed by atoms with van der Waals surface area (Å²) in [7, 11) is -4.02. The highest BCUT2D eigenvalue weighted by molar-refractivity contribution is 7.91. The molecule has 4 amide bonds. The van der Waals surface area contributed by atoms with E-state index in [-0.39, 0.29) is 31.4 Å². The number of carbonyl (C=O) groups is 4. The standard InChI is InChI=1S/C44H54N6O9S/c1-26(2)58-32-12-10-29(11-13-32)35-21-33(22-36(46-35)30-14-18-45-19-15-30)59-34-23-37-39(51)48-44(41(53)49-60(56,57)43(5)16-17-43)24-31(44)9-7-6-8-27(3)20-28(4)38(47-42(54)55)40(52)50(37)25-34/h7,9-15,18-19,21-22,26-28,31,34,37-38,47H,6,8,16-17,20,23-25H2,1-5H3,(H,48,51)(H,49,53)(H,54,55)/t27-,28-,31-,34-,37+,38+,44-/m1/s1. The zero-order chi connectivity index (χ0) is 43.0. The minimum atomic E-state index is -4.02. The molecule has 320 valence electrons. The average Bonchev–Trinajstić information content (AvgIpc) is 4.08. The van der Waals surface area contributed by atoms with Gasteiger partial charge in [0.2, 0.25) is 21.8 Å². The van der Waals surface area contributed by atoms with Crippen LogP contribution in [0.25, 0.3) is 22.5 Å². The lowest BCUT2D eigenvalue weighted by atomic mass is 9.88. The number of fused-ring (bicyclic) bond motifs is 2. The van der Waals surface area contributed by atoms with Gasteiger partial charge in [-0.3, -0.25) is 24.1 Å². The number of pyridine rings is 2. The number of nitrogens with one attached hydrogen (secondary N) is 3. The first-order valence-electron chi connectivity index (χ1n) is 20.7. The quantitative estimate of drug-likeness (QED) is 0.188. The number of aromatic nitrogens is 2. The smallest absolute Gasteiger partial charge is 0.405 e. The van der Waals surface area contributed by atoms with E-state index in [4.69, 9.17) is 14.5 Å². The van der Waals surface area contributed by atoms with Crippen molar-refractivity contribution in [2.45, 2.75) is 114 Å². The van der Waals surface area contributed by atoms with Crippen LogP contribution in [0.5, 0.6) is 11.5 Å². The molecular weight excluding hydrogens is 789 g/mol. The molecule has 3 aromatic rings. The number of sulfonamides is 1. The summed E-state index contributed by atoms with van der Waals surface area (Å²) in [6.07, 6.45) is 7.90. The van der Waals surface area contributed by atoms with Gasteiger partial charge in [0.05, 0.1) is 28.8 Å². The third-order valence-corrected chi connectivity index (χ3v) is 14.3. The van der Waals surface area contributed by atoms with Crippen molar-refractivity contribution in [2.24, 2.45) is 17.8 Å². The number of rotatable bonds is 10. The highest BCUT2D eigenvalue weighted by Crippen LogP contribution is 2.47. The van der Waals surface area contributed by atoms with Crippen LogP contribution in [0.2, 0.25) is 0 Å². The van der Waals surface area contributed by atoms with Crippen molar-refractivity contribution >= 4 is 33.8 Å². The number of benzene rings is 1. The monoisotopic (exact) mass is 842 g/mol. The van der Waals surface area contributed by atoms with E-state index in [2.05, 4.69) is 20.3 Å². The van der Waals surface area contributed by atoms with Crippen molar-refractivity contribution < 1.29 is 42.2 Å². The third kappa shape index (κ3) is 9.28. The van der Waals surface area contributed by atoms with Crippen LogP contribution in [-0.4, -0.2) is 93.3 Å². The lowest BCUT2D eigenvalue weighted by Crippen LogP contribution is -2.59. The molecule has 3 fully saturated rings. The van der Waals surface area contributed by atoms with Crippen LogP contribution in [0.1, 0.15) is 79.6 Å². The van der Waals surface area contributed by atoms with Gasteiger partial charge in [-0.1, -0.05) is 26.0 Å². The molecule has 1 saturated heterocycles. The first kappa shape index (κ1) is 42.6. The maximum atomic E-state index is 14.6. The summed E-state index contributed by atoms with van der Waals surface area (Å²) in [6, 6.07) is 12.4. The average molecular weight is 843 g/mol. The van der Waals surface area contributed by atoms with Crippen molar-refractivity contribution in [3.05, 3.63) is 73.1 Å². The van der Waals surface area contributed by atoms with E-state index < -0.39 is 74.1 Å². The van der Waals surface area contributed by atoms with Gasteiger partial charge in [-0.15, -0.1) is 0 Å². The Labute approximate surface area is 350 Å². The summed E-state index contributed by atoms with van der Waals surface area (Å²) in [5.74, 6) is -1.76. The van der Waals surface area contributed by atoms with Crippen LogP contribution in [0.3, 0.4) is 0 Å². The van der Waals surface area contributed by atoms with E-state index in [1.807, 2.05) is 76.2 Å². The summed E-state index contributed by atoms with van der Waals surface area (Å²) in [5.41, 5.74) is 1.21. The molecule has 4 heterocycles. The first-order chi connectivity index (χ1) is 28.5. The zero-order valence-electron chi connectivity index (χ0n) is 34.6. The topological polar surface area (TPSA) is 206 Å². The molecule has 0 bridgehead atoms. The normalized spacial score (nSPS) is 27.7. The van der Waals surface area contributed by atoms with Gasteiger partial charge >= 0.3 is 6.09 Å². The second kappa shape index (κ2) is 16.9. The van der Waals surface area contributed by atoms with Crippen molar-refractivity contribution in [1.29, 1.82) is 0 Å². The molecule has 4 N–H and O–H groups in total. The van der Waals surface area contributed by atoms with Crippen LogP contribution in [0.15, 0.2) is 73.1 Å². The van der Waals surface area contributed by atoms with E-state index >= 15 is 0 Å². The molecule has 7 rings (SSSR count). The fraction of sp³-hybridized carbons (Fsp3) is 0.500. The van der Waals surface area contributed by atoms with Crippen LogP contribution in [0, 0.1) is 17.8 Å². The lowest BCUT2D eigenvalue weighted by molar-refractivity contribution is -0.142. The van der Waals surface area contributed by atoms with E-state index in [0.29, 0.717) is 48.6 Å². The number of nitrogens with zero attached hydrogens (tertiary/aromatic N) is 3. The van der Waals surface area contributed by atoms with Crippen molar-refractivity contribution in [3.8, 4) is 34.0 Å². The molecule has 2 aromatic heterocycles. The van der Waals surface area contributed by atoms with Gasteiger partial charge in [0.15, 0.2) is 0 Å². The Kier molecular flexibility index (Phi) is 12.0. The van der Waals surface area contributed by atoms with Gasteiger partial charge in [0, 0.05) is 48.0 Å². The summed E-state index contributed by atoms with van der Waals surface area (Å²) in [6.45, 7) is 9.26. The number of amides is 4. The molecule has 4 aliphatic rings. The maximum Gasteiger partial charge on any atom is 0.405 e. The predicted octanol–water partition coefficient (Wildman–Crippen LogP) is 5.47. The maximum absolute atomic E-state index is 14.6. The van der Waals surface area contributed by atoms with Gasteiger partial charge in [0.25, 0.3) is 5.91 Å². The second-order valence-electron chi connectivity index (χ2n) is 17.4. The Morgan fingerprint density at radius 1 is 0.983 bits per heavy atom. The van der Waals surface area contributed by atoms with Crippen LogP contribution in [-0.2, 0) is 24.4 Å². The molecule has 2 aliphatic carbocycles. The van der Waals surface area contributed by atoms with Crippen molar-refractivity contribution in [3.63, 3.8) is 0 Å². The van der Waals surface area contributed by atoms with Gasteiger partial charge in [-0.2, -0.15) is 0 Å². The molecule has 1 aromatic carbocycles. The number of carbonyl (C=O) groups excluding carboxylic acids is 3. The molecule has 2 saturated carbocycles. The summed E-state index contributed by atoms with van der Waals surface area (Å²) in [4.78, 5) is 65.7. The minimum Gasteiger partial charge on any atom is -0.491 e. The highest BCUT2D eigenvalue weighted by Gasteiger charge is 2.63.